The third-order valence-electron chi connectivity index (χ3n) is 5.78. The molecule has 0 aliphatic rings. The van der Waals surface area contributed by atoms with Crippen LogP contribution in [0.2, 0.25) is 0 Å². The number of aromatic nitrogens is 2. The number of rotatable bonds is 13. The van der Waals surface area contributed by atoms with Crippen LogP contribution in [0, 0.1) is 0 Å². The van der Waals surface area contributed by atoms with Crippen molar-refractivity contribution < 1.29 is 19.0 Å². The molecule has 9 nitrogen and oxygen atoms in total. The van der Waals surface area contributed by atoms with Crippen LogP contribution >= 0.6 is 0 Å². The fourth-order valence-corrected chi connectivity index (χ4v) is 4.15. The first-order valence-corrected chi connectivity index (χ1v) is 12.1. The summed E-state index contributed by atoms with van der Waals surface area (Å²) in [5.41, 5.74) is 8.89. The minimum absolute atomic E-state index is 0.0429. The van der Waals surface area contributed by atoms with E-state index < -0.39 is 0 Å². The fourth-order valence-electron chi connectivity index (χ4n) is 4.15. The monoisotopic (exact) mass is 483 g/mol. The van der Waals surface area contributed by atoms with E-state index in [0.717, 1.165) is 49.1 Å². The van der Waals surface area contributed by atoms with Crippen LogP contribution in [0.1, 0.15) is 43.5 Å². The molecule has 0 saturated carbocycles. The molecular formula is C26H37N5O4. The van der Waals surface area contributed by atoms with E-state index in [9.17, 15) is 4.79 Å². The van der Waals surface area contributed by atoms with Gasteiger partial charge in [-0.25, -0.2) is 4.98 Å². The third-order valence-corrected chi connectivity index (χ3v) is 5.78. The second-order valence-corrected chi connectivity index (χ2v) is 8.26. The van der Waals surface area contributed by atoms with Crippen LogP contribution in [-0.4, -0.2) is 61.3 Å². The topological polar surface area (TPSA) is 104 Å². The van der Waals surface area contributed by atoms with Crippen molar-refractivity contribution in [2.75, 3.05) is 46.3 Å². The van der Waals surface area contributed by atoms with Gasteiger partial charge in [-0.15, -0.1) is 0 Å². The summed E-state index contributed by atoms with van der Waals surface area (Å²) in [5.74, 6) is 2.29. The SMILES string of the molecule is CCCN(CCC)C(=O)c1ccc2nc(Nc3cc(OC)c(OC)c(OC)c3)n(CCCN)c2c1. The first kappa shape index (κ1) is 26.2. The Morgan fingerprint density at radius 3 is 2.23 bits per heavy atom. The average molecular weight is 484 g/mol. The number of hydrogen-bond donors (Lipinski definition) is 2. The number of anilines is 2. The molecule has 0 saturated heterocycles. The van der Waals surface area contributed by atoms with Crippen molar-refractivity contribution in [1.29, 1.82) is 0 Å². The van der Waals surface area contributed by atoms with E-state index in [1.54, 1.807) is 21.3 Å². The van der Waals surface area contributed by atoms with Crippen molar-refractivity contribution in [3.63, 3.8) is 0 Å². The summed E-state index contributed by atoms with van der Waals surface area (Å²) in [6.45, 7) is 6.86. The van der Waals surface area contributed by atoms with Crippen molar-refractivity contribution in [3.8, 4) is 17.2 Å². The minimum Gasteiger partial charge on any atom is -0.493 e. The summed E-state index contributed by atoms with van der Waals surface area (Å²) in [4.78, 5) is 19.9. The van der Waals surface area contributed by atoms with Crippen LogP contribution in [0.15, 0.2) is 30.3 Å². The Morgan fingerprint density at radius 1 is 1.03 bits per heavy atom. The molecule has 3 N–H and O–H groups in total. The molecule has 1 heterocycles. The Bertz CT molecular complexity index is 1110. The van der Waals surface area contributed by atoms with Gasteiger partial charge in [-0.05, 0) is 44.0 Å². The lowest BCUT2D eigenvalue weighted by atomic mass is 10.1. The number of carbonyl (C=O) groups is 1. The summed E-state index contributed by atoms with van der Waals surface area (Å²) in [5, 5.41) is 3.38. The van der Waals surface area contributed by atoms with Crippen LogP contribution < -0.4 is 25.3 Å². The molecule has 0 atom stereocenters. The molecule has 1 aromatic heterocycles. The van der Waals surface area contributed by atoms with E-state index in [4.69, 9.17) is 24.9 Å². The lowest BCUT2D eigenvalue weighted by molar-refractivity contribution is 0.0755. The van der Waals surface area contributed by atoms with E-state index in [2.05, 4.69) is 23.7 Å². The number of hydrogen-bond acceptors (Lipinski definition) is 7. The number of nitrogens with one attached hydrogen (secondary N) is 1. The number of amides is 1. The Labute approximate surface area is 207 Å². The molecule has 0 aliphatic heterocycles. The molecule has 3 aromatic rings. The molecule has 2 aromatic carbocycles. The van der Waals surface area contributed by atoms with E-state index in [0.29, 0.717) is 41.8 Å². The summed E-state index contributed by atoms with van der Waals surface area (Å²) in [7, 11) is 4.73. The van der Waals surface area contributed by atoms with Crippen LogP contribution in [0.25, 0.3) is 11.0 Å². The predicted molar refractivity (Wildman–Crippen MR) is 139 cm³/mol. The predicted octanol–water partition coefficient (Wildman–Crippen LogP) is 4.42. The van der Waals surface area contributed by atoms with Gasteiger partial charge in [0.1, 0.15) is 0 Å². The van der Waals surface area contributed by atoms with Crippen molar-refractivity contribution in [3.05, 3.63) is 35.9 Å². The highest BCUT2D eigenvalue weighted by molar-refractivity contribution is 5.98. The molecule has 35 heavy (non-hydrogen) atoms. The summed E-state index contributed by atoms with van der Waals surface area (Å²) in [6, 6.07) is 9.34. The van der Waals surface area contributed by atoms with Gasteiger partial charge in [0.05, 0.1) is 32.4 Å². The number of ether oxygens (including phenoxy) is 3. The Kier molecular flexibility index (Phi) is 9.19. The van der Waals surface area contributed by atoms with Gasteiger partial charge in [0, 0.05) is 43.0 Å². The normalized spacial score (nSPS) is 10.9. The number of aryl methyl sites for hydroxylation is 1. The average Bonchev–Trinajstić information content (AvgIpc) is 3.21. The molecule has 3 rings (SSSR count). The van der Waals surface area contributed by atoms with Crippen molar-refractivity contribution in [1.82, 2.24) is 14.5 Å². The molecule has 0 unspecified atom stereocenters. The van der Waals surface area contributed by atoms with Gasteiger partial charge in [0.15, 0.2) is 11.5 Å². The van der Waals surface area contributed by atoms with Gasteiger partial charge in [-0.3, -0.25) is 4.79 Å². The van der Waals surface area contributed by atoms with E-state index in [1.807, 2.05) is 35.2 Å². The molecule has 0 fully saturated rings. The van der Waals surface area contributed by atoms with Crippen LogP contribution in [0.4, 0.5) is 11.6 Å². The molecule has 0 radical (unpaired) electrons. The zero-order valence-corrected chi connectivity index (χ0v) is 21.4. The van der Waals surface area contributed by atoms with Gasteiger partial charge in [0.25, 0.3) is 5.91 Å². The highest BCUT2D eigenvalue weighted by Crippen LogP contribution is 2.40. The number of nitrogens with two attached hydrogens (primary N) is 1. The maximum atomic E-state index is 13.2. The Hall–Kier alpha value is -3.46. The second-order valence-electron chi connectivity index (χ2n) is 8.26. The number of methoxy groups -OCH3 is 3. The van der Waals surface area contributed by atoms with Crippen molar-refractivity contribution in [2.45, 2.75) is 39.7 Å². The lowest BCUT2D eigenvalue weighted by Crippen LogP contribution is -2.32. The summed E-state index contributed by atoms with van der Waals surface area (Å²) < 4.78 is 18.5. The van der Waals surface area contributed by atoms with Gasteiger partial charge < -0.3 is 34.7 Å². The maximum absolute atomic E-state index is 13.2. The molecule has 0 aliphatic carbocycles. The minimum atomic E-state index is 0.0429. The molecule has 0 spiro atoms. The maximum Gasteiger partial charge on any atom is 0.253 e. The van der Waals surface area contributed by atoms with Gasteiger partial charge in [-0.1, -0.05) is 13.8 Å². The molecular weight excluding hydrogens is 446 g/mol. The first-order chi connectivity index (χ1) is 17.0. The quantitative estimate of drug-likeness (QED) is 0.371. The van der Waals surface area contributed by atoms with Crippen LogP contribution in [0.3, 0.4) is 0 Å². The Balaban J connectivity index is 2.04. The largest absolute Gasteiger partial charge is 0.493 e. The number of fused-ring (bicyclic) bond motifs is 1. The van der Waals surface area contributed by atoms with Gasteiger partial charge in [0.2, 0.25) is 11.7 Å². The first-order valence-electron chi connectivity index (χ1n) is 12.1. The van der Waals surface area contributed by atoms with E-state index in [-0.39, 0.29) is 5.91 Å². The highest BCUT2D eigenvalue weighted by Gasteiger charge is 2.19. The van der Waals surface area contributed by atoms with E-state index >= 15 is 0 Å². The third kappa shape index (κ3) is 5.79. The fraction of sp³-hybridized carbons (Fsp3) is 0.462. The van der Waals surface area contributed by atoms with Crippen LogP contribution in [0.5, 0.6) is 17.2 Å². The van der Waals surface area contributed by atoms with Crippen molar-refractivity contribution >= 4 is 28.6 Å². The number of nitrogens with zero attached hydrogens (tertiary/aromatic N) is 3. The second kappa shape index (κ2) is 12.3. The number of carbonyl (C=O) groups excluding carboxylic acids is 1. The highest BCUT2D eigenvalue weighted by atomic mass is 16.5. The summed E-state index contributed by atoms with van der Waals surface area (Å²) in [6.07, 6.45) is 2.61. The molecule has 190 valence electrons. The zero-order chi connectivity index (χ0) is 25.4. The van der Waals surface area contributed by atoms with Gasteiger partial charge in [-0.2, -0.15) is 0 Å². The molecule has 1 amide bonds. The summed E-state index contributed by atoms with van der Waals surface area (Å²) >= 11 is 0. The lowest BCUT2D eigenvalue weighted by Gasteiger charge is -2.21. The van der Waals surface area contributed by atoms with Gasteiger partial charge >= 0.3 is 0 Å². The van der Waals surface area contributed by atoms with Crippen molar-refractivity contribution in [2.24, 2.45) is 5.73 Å². The number of benzene rings is 2. The molecule has 0 bridgehead atoms. The Morgan fingerprint density at radius 2 is 1.69 bits per heavy atom. The zero-order valence-electron chi connectivity index (χ0n) is 21.4. The van der Waals surface area contributed by atoms with E-state index in [1.165, 1.54) is 0 Å². The standard InChI is InChI=1S/C26H37N5O4/c1-6-12-30(13-7-2)25(32)18-9-10-20-21(15-18)31(14-8-11-27)26(29-20)28-19-16-22(33-3)24(35-5)23(17-19)34-4/h9-10,15-17H,6-8,11-14,27H2,1-5H3,(H,28,29). The van der Waals surface area contributed by atoms with Crippen LogP contribution in [-0.2, 0) is 6.54 Å². The molecule has 9 heteroatoms. The smallest absolute Gasteiger partial charge is 0.253 e. The number of imidazole rings is 1.